The van der Waals surface area contributed by atoms with Crippen LogP contribution in [0.5, 0.6) is 0 Å². The lowest BCUT2D eigenvalue weighted by molar-refractivity contribution is -0.117. The second kappa shape index (κ2) is 7.83. The van der Waals surface area contributed by atoms with Gasteiger partial charge in [0.2, 0.25) is 5.91 Å². The van der Waals surface area contributed by atoms with E-state index in [2.05, 4.69) is 15.5 Å². The molecule has 0 bridgehead atoms. The zero-order chi connectivity index (χ0) is 14.4. The Bertz CT molecular complexity index is 378. The molecule has 0 radical (unpaired) electrons. The van der Waals surface area contributed by atoms with Crippen molar-refractivity contribution >= 4 is 40.2 Å². The van der Waals surface area contributed by atoms with Gasteiger partial charge in [0.25, 0.3) is 0 Å². The molecule has 0 aromatic heterocycles. The van der Waals surface area contributed by atoms with Gasteiger partial charge in [-0.05, 0) is 25.7 Å². The molecule has 112 valence electrons. The number of carbonyl (C=O) groups is 2. The van der Waals surface area contributed by atoms with Gasteiger partial charge in [-0.3, -0.25) is 10.1 Å². The van der Waals surface area contributed by atoms with E-state index in [4.69, 9.17) is 12.2 Å². The third-order valence-electron chi connectivity index (χ3n) is 3.63. The van der Waals surface area contributed by atoms with Crippen molar-refractivity contribution in [3.8, 4) is 0 Å². The summed E-state index contributed by atoms with van der Waals surface area (Å²) >= 11 is 6.60. The van der Waals surface area contributed by atoms with Gasteiger partial charge >= 0.3 is 6.03 Å². The van der Waals surface area contributed by atoms with E-state index in [1.807, 2.05) is 0 Å². The molecule has 1 saturated carbocycles. The minimum atomic E-state index is -0.380. The molecule has 0 unspecified atom stereocenters. The van der Waals surface area contributed by atoms with Crippen LogP contribution in [0, 0.1) is 0 Å². The van der Waals surface area contributed by atoms with E-state index < -0.39 is 0 Å². The van der Waals surface area contributed by atoms with Gasteiger partial charge in [0, 0.05) is 19.1 Å². The molecule has 2 fully saturated rings. The maximum atomic E-state index is 11.7. The zero-order valence-electron chi connectivity index (χ0n) is 11.5. The number of nitrogens with one attached hydrogen (secondary N) is 2. The Kier molecular flexibility index (Phi) is 6.09. The van der Waals surface area contributed by atoms with Gasteiger partial charge in [-0.15, -0.1) is 0 Å². The second-order valence-electron chi connectivity index (χ2n) is 5.25. The molecule has 0 aromatic rings. The molecule has 0 spiro atoms. The molecule has 0 aromatic carbocycles. The van der Waals surface area contributed by atoms with Crippen molar-refractivity contribution in [1.29, 1.82) is 0 Å². The van der Waals surface area contributed by atoms with E-state index in [9.17, 15) is 9.59 Å². The van der Waals surface area contributed by atoms with Gasteiger partial charge in [0.15, 0.2) is 0 Å². The summed E-state index contributed by atoms with van der Waals surface area (Å²) in [4.78, 5) is 25.4. The Morgan fingerprint density at radius 1 is 1.15 bits per heavy atom. The van der Waals surface area contributed by atoms with Crippen LogP contribution in [0.15, 0.2) is 0 Å². The molecule has 2 rings (SSSR count). The summed E-state index contributed by atoms with van der Waals surface area (Å²) in [6, 6.07) is -0.157. The van der Waals surface area contributed by atoms with Crippen molar-refractivity contribution in [2.45, 2.75) is 44.6 Å². The number of carbonyl (C=O) groups excluding carboxylic acids is 2. The summed E-state index contributed by atoms with van der Waals surface area (Å²) in [7, 11) is 0. The largest absolute Gasteiger partial charge is 0.358 e. The van der Waals surface area contributed by atoms with Gasteiger partial charge in [-0.25, -0.2) is 4.79 Å². The van der Waals surface area contributed by atoms with Crippen LogP contribution in [0.3, 0.4) is 0 Å². The Morgan fingerprint density at radius 3 is 2.45 bits per heavy atom. The molecule has 0 atom stereocenters. The number of hydrogen-bond acceptors (Lipinski definition) is 4. The fraction of sp³-hybridized carbons (Fsp3) is 0.769. The number of thioether (sulfide) groups is 1. The van der Waals surface area contributed by atoms with Crippen molar-refractivity contribution in [3.63, 3.8) is 0 Å². The number of thiocarbonyl (C=S) groups is 1. The number of amides is 3. The number of urea groups is 1. The van der Waals surface area contributed by atoms with Crippen molar-refractivity contribution in [2.75, 3.05) is 18.8 Å². The first kappa shape index (κ1) is 15.6. The van der Waals surface area contributed by atoms with Crippen molar-refractivity contribution in [2.24, 2.45) is 0 Å². The highest BCUT2D eigenvalue weighted by atomic mass is 32.2. The molecule has 3 amide bonds. The highest BCUT2D eigenvalue weighted by Gasteiger charge is 2.19. The summed E-state index contributed by atoms with van der Waals surface area (Å²) in [6.45, 7) is 1.96. The van der Waals surface area contributed by atoms with Crippen LogP contribution >= 0.6 is 24.0 Å². The van der Waals surface area contributed by atoms with Crippen LogP contribution < -0.4 is 10.6 Å². The maximum Gasteiger partial charge on any atom is 0.321 e. The molecule has 1 heterocycles. The van der Waals surface area contributed by atoms with Gasteiger partial charge in [-0.2, -0.15) is 0 Å². The Labute approximate surface area is 129 Å². The van der Waals surface area contributed by atoms with Gasteiger partial charge in [0.05, 0.1) is 5.75 Å². The molecule has 1 saturated heterocycles. The van der Waals surface area contributed by atoms with E-state index in [-0.39, 0.29) is 23.7 Å². The minimum absolute atomic E-state index is 0.202. The number of rotatable bonds is 3. The number of imide groups is 1. The molecule has 5 nitrogen and oxygen atoms in total. The predicted molar refractivity (Wildman–Crippen MR) is 84.8 cm³/mol. The molecule has 20 heavy (non-hydrogen) atoms. The molecule has 1 aliphatic carbocycles. The summed E-state index contributed by atoms with van der Waals surface area (Å²) in [5.74, 6) is -0.0833. The lowest BCUT2D eigenvalue weighted by atomic mass is 10.2. The lowest BCUT2D eigenvalue weighted by Gasteiger charge is -2.17. The first-order valence-corrected chi connectivity index (χ1v) is 8.56. The first-order valence-electron chi connectivity index (χ1n) is 7.17. The average Bonchev–Trinajstić information content (AvgIpc) is 3.08. The number of nitrogens with zero attached hydrogens (tertiary/aromatic N) is 1. The monoisotopic (exact) mass is 315 g/mol. The first-order chi connectivity index (χ1) is 9.65. The molecular formula is C13H21N3O2S2. The standard InChI is InChI=1S/C13H21N3O2S2/c17-11(9-20-13(19)16-7-3-4-8-16)15-12(18)14-10-5-1-2-6-10/h10H,1-9H2,(H2,14,15,17,18). The van der Waals surface area contributed by atoms with E-state index >= 15 is 0 Å². The number of likely N-dealkylation sites (tertiary alicyclic amines) is 1. The third-order valence-corrected chi connectivity index (χ3v) is 5.16. The Morgan fingerprint density at radius 2 is 1.80 bits per heavy atom. The molecule has 1 aliphatic heterocycles. The lowest BCUT2D eigenvalue weighted by Crippen LogP contribution is -2.44. The zero-order valence-corrected chi connectivity index (χ0v) is 13.2. The second-order valence-corrected chi connectivity index (χ2v) is 6.86. The smallest absolute Gasteiger partial charge is 0.321 e. The maximum absolute atomic E-state index is 11.7. The fourth-order valence-corrected chi connectivity index (χ4v) is 3.62. The van der Waals surface area contributed by atoms with E-state index in [1.54, 1.807) is 0 Å². The molecule has 2 N–H and O–H groups in total. The summed E-state index contributed by atoms with van der Waals surface area (Å²) in [5, 5.41) is 5.19. The van der Waals surface area contributed by atoms with Crippen LogP contribution in [0.4, 0.5) is 4.79 Å². The molecular weight excluding hydrogens is 294 g/mol. The summed E-state index contributed by atoms with van der Waals surface area (Å²) in [5.41, 5.74) is 0. The molecule has 2 aliphatic rings. The van der Waals surface area contributed by atoms with Crippen molar-refractivity contribution in [1.82, 2.24) is 15.5 Å². The summed E-state index contributed by atoms with van der Waals surface area (Å²) < 4.78 is 0.758. The Balaban J connectivity index is 1.61. The topological polar surface area (TPSA) is 61.4 Å². The van der Waals surface area contributed by atoms with Gasteiger partial charge < -0.3 is 10.2 Å². The van der Waals surface area contributed by atoms with E-state index in [0.717, 1.165) is 55.9 Å². The third kappa shape index (κ3) is 4.94. The number of hydrogen-bond donors (Lipinski definition) is 2. The van der Waals surface area contributed by atoms with Crippen LogP contribution in [0.2, 0.25) is 0 Å². The molecule has 7 heteroatoms. The van der Waals surface area contributed by atoms with Crippen molar-refractivity contribution in [3.05, 3.63) is 0 Å². The predicted octanol–water partition coefficient (Wildman–Crippen LogP) is 1.87. The van der Waals surface area contributed by atoms with Gasteiger partial charge in [0.1, 0.15) is 4.32 Å². The van der Waals surface area contributed by atoms with Crippen LogP contribution in [-0.4, -0.2) is 46.0 Å². The van der Waals surface area contributed by atoms with Gasteiger partial charge in [-0.1, -0.05) is 36.8 Å². The van der Waals surface area contributed by atoms with Crippen LogP contribution in [-0.2, 0) is 4.79 Å². The van der Waals surface area contributed by atoms with Crippen molar-refractivity contribution < 1.29 is 9.59 Å². The Hall–Kier alpha value is -0.820. The highest BCUT2D eigenvalue weighted by Crippen LogP contribution is 2.17. The van der Waals surface area contributed by atoms with Crippen LogP contribution in [0.25, 0.3) is 0 Å². The van der Waals surface area contributed by atoms with E-state index in [0.29, 0.717) is 0 Å². The highest BCUT2D eigenvalue weighted by molar-refractivity contribution is 8.23. The van der Waals surface area contributed by atoms with E-state index in [1.165, 1.54) is 11.8 Å². The fourth-order valence-electron chi connectivity index (χ4n) is 2.57. The SMILES string of the molecule is O=C(CSC(=S)N1CCCC1)NC(=O)NC1CCCC1. The quantitative estimate of drug-likeness (QED) is 0.779. The average molecular weight is 315 g/mol. The van der Waals surface area contributed by atoms with Crippen LogP contribution in [0.1, 0.15) is 38.5 Å². The normalized spacial score (nSPS) is 19.1. The minimum Gasteiger partial charge on any atom is -0.358 e. The summed E-state index contributed by atoms with van der Waals surface area (Å²) in [6.07, 6.45) is 6.65.